The van der Waals surface area contributed by atoms with Crippen LogP contribution in [-0.2, 0) is 13.0 Å². The number of nitrogens with one attached hydrogen (secondary N) is 2. The SMILES string of the molecule is CCc1cnn2c(NCc3ccc(OCCCCN4CCN(CC5CCN(c6ncc(C(=O)N[C@H]7CC[C@H](Oc8ccc(C#N)c(Cl)c8)CC7)cn6)CC5)CC4)nc3)cc(N3CCCC[C@H]3CCO)nc12. The third-order valence-electron chi connectivity index (χ3n) is 14.8. The van der Waals surface area contributed by atoms with Crippen LogP contribution in [0.4, 0.5) is 17.6 Å². The number of aliphatic hydroxyl groups excluding tert-OH is 1. The van der Waals surface area contributed by atoms with Gasteiger partial charge in [-0.05, 0) is 114 Å². The van der Waals surface area contributed by atoms with Crippen LogP contribution in [0.5, 0.6) is 11.6 Å². The Morgan fingerprint density at radius 2 is 1.69 bits per heavy atom. The molecule has 1 amide bonds. The van der Waals surface area contributed by atoms with Gasteiger partial charge in [-0.1, -0.05) is 24.6 Å². The number of aromatic nitrogens is 6. The molecular formula is C53H70ClN13O4. The molecule has 3 saturated heterocycles. The molecule has 4 aliphatic rings. The lowest BCUT2D eigenvalue weighted by Gasteiger charge is -2.39. The predicted molar refractivity (Wildman–Crippen MR) is 275 cm³/mol. The van der Waals surface area contributed by atoms with Crippen molar-refractivity contribution in [2.24, 2.45) is 5.92 Å². The molecule has 71 heavy (non-hydrogen) atoms. The number of hydrogen-bond donors (Lipinski definition) is 3. The molecule has 0 spiro atoms. The lowest BCUT2D eigenvalue weighted by atomic mass is 9.92. The van der Waals surface area contributed by atoms with E-state index in [0.717, 1.165) is 164 Å². The number of benzene rings is 1. The van der Waals surface area contributed by atoms with Gasteiger partial charge in [0, 0.05) is 120 Å². The number of halogens is 1. The number of ether oxygens (including phenoxy) is 2. The summed E-state index contributed by atoms with van der Waals surface area (Å²) < 4.78 is 14.1. The zero-order valence-corrected chi connectivity index (χ0v) is 42.0. The van der Waals surface area contributed by atoms with E-state index in [4.69, 9.17) is 31.3 Å². The van der Waals surface area contributed by atoms with Gasteiger partial charge in [0.05, 0.1) is 35.1 Å². The summed E-state index contributed by atoms with van der Waals surface area (Å²) in [6.45, 7) is 13.0. The van der Waals surface area contributed by atoms with Crippen LogP contribution < -0.4 is 29.9 Å². The number of piperazine rings is 1. The fourth-order valence-electron chi connectivity index (χ4n) is 10.6. The first-order valence-electron chi connectivity index (χ1n) is 26.1. The van der Waals surface area contributed by atoms with Gasteiger partial charge in [0.1, 0.15) is 23.5 Å². The highest BCUT2D eigenvalue weighted by molar-refractivity contribution is 6.31. The Hall–Kier alpha value is -5.80. The molecule has 1 aliphatic carbocycles. The first-order chi connectivity index (χ1) is 34.8. The van der Waals surface area contributed by atoms with Gasteiger partial charge >= 0.3 is 0 Å². The standard InChI is InChI=1S/C53H70ClN13O4/c1-2-40-36-60-67-48(30-49(62-51(40)67)66-20-4-3-7-44(66)18-27-68)56-32-39-8-15-50(57-33-39)70-28-6-5-19-63-23-25-64(26-24-63)37-38-16-21-65(22-17-38)53-58-34-42(35-59-53)52(69)61-43-10-13-45(14-11-43)71-46-12-9-41(31-55)47(54)29-46/h8-9,12,15,29-30,33-36,38,43-45,56,68H,2-7,10-11,13-14,16-28,32,37H2,1H3,(H,61,69)/t43-,44-,45-/m0/s1. The lowest BCUT2D eigenvalue weighted by Crippen LogP contribution is -2.49. The highest BCUT2D eigenvalue weighted by Crippen LogP contribution is 2.31. The van der Waals surface area contributed by atoms with Crippen LogP contribution in [0.2, 0.25) is 5.02 Å². The summed E-state index contributed by atoms with van der Waals surface area (Å²) in [4.78, 5) is 41.8. The molecule has 0 unspecified atom stereocenters. The predicted octanol–water partition coefficient (Wildman–Crippen LogP) is 7.17. The summed E-state index contributed by atoms with van der Waals surface area (Å²) in [6.07, 6.45) is 19.7. The summed E-state index contributed by atoms with van der Waals surface area (Å²) in [7, 11) is 0. The lowest BCUT2D eigenvalue weighted by molar-refractivity contribution is 0.0893. The van der Waals surface area contributed by atoms with Gasteiger partial charge in [-0.15, -0.1) is 0 Å². The molecule has 0 bridgehead atoms. The first-order valence-corrected chi connectivity index (χ1v) is 26.5. The highest BCUT2D eigenvalue weighted by Gasteiger charge is 2.28. The fraction of sp³-hybridized carbons (Fsp3) is 0.566. The van der Waals surface area contributed by atoms with E-state index in [1.54, 1.807) is 30.6 Å². The largest absolute Gasteiger partial charge is 0.490 e. The molecule has 4 aromatic heterocycles. The van der Waals surface area contributed by atoms with Crippen molar-refractivity contribution in [3.63, 3.8) is 0 Å². The van der Waals surface area contributed by atoms with E-state index in [1.807, 2.05) is 23.0 Å². The number of piperidine rings is 2. The molecule has 5 aromatic rings. The first kappa shape index (κ1) is 50.2. The van der Waals surface area contributed by atoms with Crippen molar-refractivity contribution in [2.45, 2.75) is 115 Å². The molecule has 0 radical (unpaired) electrons. The van der Waals surface area contributed by atoms with Crippen molar-refractivity contribution in [1.82, 2.24) is 44.7 Å². The number of carbonyl (C=O) groups is 1. The minimum absolute atomic E-state index is 0.0426. The second-order valence-corrected chi connectivity index (χ2v) is 20.1. The van der Waals surface area contributed by atoms with E-state index in [1.165, 1.54) is 6.42 Å². The number of hydrogen-bond acceptors (Lipinski definition) is 15. The minimum atomic E-state index is -0.144. The topological polar surface area (TPSA) is 185 Å². The van der Waals surface area contributed by atoms with Gasteiger partial charge in [0.25, 0.3) is 5.91 Å². The summed E-state index contributed by atoms with van der Waals surface area (Å²) in [5.41, 5.74) is 3.96. The number of fused-ring (bicyclic) bond motifs is 1. The summed E-state index contributed by atoms with van der Waals surface area (Å²) >= 11 is 6.17. The second kappa shape index (κ2) is 24.6. The molecular weight excluding hydrogens is 918 g/mol. The number of rotatable bonds is 20. The monoisotopic (exact) mass is 988 g/mol. The number of amides is 1. The molecule has 378 valence electrons. The van der Waals surface area contributed by atoms with Gasteiger partial charge in [-0.2, -0.15) is 14.9 Å². The van der Waals surface area contributed by atoms with Crippen molar-refractivity contribution < 1.29 is 19.4 Å². The van der Waals surface area contributed by atoms with Crippen LogP contribution in [0.25, 0.3) is 5.65 Å². The number of pyridine rings is 1. The van der Waals surface area contributed by atoms with E-state index in [9.17, 15) is 9.90 Å². The summed E-state index contributed by atoms with van der Waals surface area (Å²) in [6, 6.07) is 13.7. The van der Waals surface area contributed by atoms with Crippen molar-refractivity contribution in [3.8, 4) is 17.7 Å². The smallest absolute Gasteiger partial charge is 0.254 e. The molecule has 1 aromatic carbocycles. The van der Waals surface area contributed by atoms with Gasteiger partial charge in [-0.3, -0.25) is 4.79 Å². The van der Waals surface area contributed by atoms with Crippen molar-refractivity contribution in [1.29, 1.82) is 5.26 Å². The van der Waals surface area contributed by atoms with Crippen LogP contribution in [-0.4, -0.2) is 141 Å². The van der Waals surface area contributed by atoms with Crippen LogP contribution in [0.3, 0.4) is 0 Å². The Kier molecular flexibility index (Phi) is 17.3. The van der Waals surface area contributed by atoms with Crippen LogP contribution in [0, 0.1) is 17.2 Å². The Bertz CT molecular complexity index is 2530. The molecule has 1 saturated carbocycles. The van der Waals surface area contributed by atoms with E-state index in [0.29, 0.717) is 58.8 Å². The number of aryl methyl sites for hydroxylation is 1. The fourth-order valence-corrected chi connectivity index (χ4v) is 10.8. The van der Waals surface area contributed by atoms with Gasteiger partial charge in [-0.25, -0.2) is 19.9 Å². The Morgan fingerprint density at radius 1 is 0.887 bits per heavy atom. The van der Waals surface area contributed by atoms with Crippen molar-refractivity contribution in [2.75, 3.05) is 87.2 Å². The van der Waals surface area contributed by atoms with Crippen molar-refractivity contribution in [3.05, 3.63) is 88.5 Å². The number of unbranched alkanes of at least 4 members (excludes halogenated alkanes) is 1. The number of anilines is 3. The summed E-state index contributed by atoms with van der Waals surface area (Å²) in [5, 5.41) is 30.7. The molecule has 17 nitrogen and oxygen atoms in total. The maximum Gasteiger partial charge on any atom is 0.254 e. The van der Waals surface area contributed by atoms with E-state index < -0.39 is 0 Å². The van der Waals surface area contributed by atoms with Gasteiger partial charge in [0.2, 0.25) is 11.8 Å². The zero-order valence-electron chi connectivity index (χ0n) is 41.2. The average Bonchev–Trinajstić information content (AvgIpc) is 3.83. The number of carbonyl (C=O) groups excluding carboxylic acids is 1. The molecule has 4 fully saturated rings. The maximum absolute atomic E-state index is 13.1. The number of nitrogens with zero attached hydrogens (tertiary/aromatic N) is 11. The molecule has 9 rings (SSSR count). The molecule has 3 N–H and O–H groups in total. The van der Waals surface area contributed by atoms with Crippen LogP contribution >= 0.6 is 11.6 Å². The van der Waals surface area contributed by atoms with Crippen LogP contribution in [0.1, 0.15) is 111 Å². The van der Waals surface area contributed by atoms with Crippen molar-refractivity contribution >= 4 is 40.7 Å². The molecule has 7 heterocycles. The molecule has 1 atom stereocenters. The third kappa shape index (κ3) is 13.2. The average molecular weight is 989 g/mol. The van der Waals surface area contributed by atoms with Gasteiger partial charge in [0.15, 0.2) is 5.65 Å². The third-order valence-corrected chi connectivity index (χ3v) is 15.2. The number of nitriles is 1. The maximum atomic E-state index is 13.1. The van der Waals surface area contributed by atoms with E-state index >= 15 is 0 Å². The van der Waals surface area contributed by atoms with Gasteiger partial charge < -0.3 is 44.8 Å². The molecule has 3 aliphatic heterocycles. The normalized spacial score (nSPS) is 20.5. The van der Waals surface area contributed by atoms with Crippen LogP contribution in [0.15, 0.2) is 61.2 Å². The highest BCUT2D eigenvalue weighted by atomic mass is 35.5. The Morgan fingerprint density at radius 3 is 2.42 bits per heavy atom. The van der Waals surface area contributed by atoms with E-state index in [2.05, 4.69) is 75.4 Å². The second-order valence-electron chi connectivity index (χ2n) is 19.7. The number of aliphatic hydroxyl groups is 1. The Labute approximate surface area is 422 Å². The molecule has 18 heteroatoms. The summed E-state index contributed by atoms with van der Waals surface area (Å²) in [5.74, 6) is 4.36. The zero-order chi connectivity index (χ0) is 48.9. The minimum Gasteiger partial charge on any atom is -0.490 e. The van der Waals surface area contributed by atoms with E-state index in [-0.39, 0.29) is 24.7 Å². The Balaban J connectivity index is 0.627. The quantitative estimate of drug-likeness (QED) is 0.0667.